The minimum atomic E-state index is -0.305. The van der Waals surface area contributed by atoms with Crippen molar-refractivity contribution in [1.29, 1.82) is 0 Å². The standard InChI is InChI=1S/C19H25N5O/c25-18-19(7-3-11-22(18)16-17-6-1-2-9-20-17)8-4-12-23(19)14-15-24-13-5-10-21-24/h1-2,5-6,9-10,13H,3-4,7-8,11-12,14-16H2. The summed E-state index contributed by atoms with van der Waals surface area (Å²) < 4.78 is 1.95. The highest BCUT2D eigenvalue weighted by atomic mass is 16.2. The van der Waals surface area contributed by atoms with Gasteiger partial charge in [0.1, 0.15) is 5.54 Å². The molecule has 4 heterocycles. The van der Waals surface area contributed by atoms with Gasteiger partial charge in [-0.05, 0) is 50.4 Å². The van der Waals surface area contributed by atoms with Crippen molar-refractivity contribution < 1.29 is 4.79 Å². The van der Waals surface area contributed by atoms with E-state index >= 15 is 0 Å². The Kier molecular flexibility index (Phi) is 4.53. The highest BCUT2D eigenvalue weighted by Crippen LogP contribution is 2.38. The van der Waals surface area contributed by atoms with E-state index in [9.17, 15) is 4.79 Å². The number of nitrogens with zero attached hydrogens (tertiary/aromatic N) is 5. The maximum absolute atomic E-state index is 13.4. The Balaban J connectivity index is 1.47. The third-order valence-electron chi connectivity index (χ3n) is 5.56. The predicted octanol–water partition coefficient (Wildman–Crippen LogP) is 1.94. The Morgan fingerprint density at radius 3 is 2.68 bits per heavy atom. The van der Waals surface area contributed by atoms with Crippen LogP contribution >= 0.6 is 0 Å². The molecular weight excluding hydrogens is 314 g/mol. The van der Waals surface area contributed by atoms with E-state index in [0.717, 1.165) is 57.6 Å². The van der Waals surface area contributed by atoms with E-state index in [1.165, 1.54) is 0 Å². The average molecular weight is 339 g/mol. The lowest BCUT2D eigenvalue weighted by Gasteiger charge is -2.44. The Bertz CT molecular complexity index is 702. The van der Waals surface area contributed by atoms with E-state index in [4.69, 9.17) is 0 Å². The Morgan fingerprint density at radius 1 is 1.04 bits per heavy atom. The molecular formula is C19H25N5O. The van der Waals surface area contributed by atoms with Crippen molar-refractivity contribution in [2.24, 2.45) is 0 Å². The van der Waals surface area contributed by atoms with Gasteiger partial charge in [-0.25, -0.2) is 0 Å². The molecule has 0 bridgehead atoms. The first-order valence-electron chi connectivity index (χ1n) is 9.20. The molecule has 132 valence electrons. The highest BCUT2D eigenvalue weighted by molar-refractivity contribution is 5.87. The number of aromatic nitrogens is 3. The van der Waals surface area contributed by atoms with E-state index in [2.05, 4.69) is 15.0 Å². The summed E-state index contributed by atoms with van der Waals surface area (Å²) in [5, 5.41) is 4.29. The van der Waals surface area contributed by atoms with Gasteiger partial charge in [-0.3, -0.25) is 19.4 Å². The minimum absolute atomic E-state index is 0.294. The molecule has 0 saturated carbocycles. The van der Waals surface area contributed by atoms with Crippen molar-refractivity contribution >= 4 is 5.91 Å². The maximum Gasteiger partial charge on any atom is 0.243 e. The molecule has 2 aliphatic rings. The number of rotatable bonds is 5. The first kappa shape index (κ1) is 16.3. The van der Waals surface area contributed by atoms with Crippen LogP contribution < -0.4 is 0 Å². The zero-order chi connectivity index (χ0) is 17.1. The van der Waals surface area contributed by atoms with Crippen molar-refractivity contribution in [3.05, 3.63) is 48.5 Å². The monoisotopic (exact) mass is 339 g/mol. The molecule has 2 aromatic heterocycles. The Morgan fingerprint density at radius 2 is 1.92 bits per heavy atom. The summed E-state index contributed by atoms with van der Waals surface area (Å²) in [5.41, 5.74) is 0.661. The maximum atomic E-state index is 13.4. The fraction of sp³-hybridized carbons (Fsp3) is 0.526. The van der Waals surface area contributed by atoms with E-state index in [1.54, 1.807) is 12.4 Å². The molecule has 2 saturated heterocycles. The second-order valence-electron chi connectivity index (χ2n) is 7.04. The van der Waals surface area contributed by atoms with Crippen LogP contribution in [0.3, 0.4) is 0 Å². The van der Waals surface area contributed by atoms with Crippen LogP contribution in [0.15, 0.2) is 42.9 Å². The third-order valence-corrected chi connectivity index (χ3v) is 5.56. The van der Waals surface area contributed by atoms with Crippen LogP contribution in [0.5, 0.6) is 0 Å². The van der Waals surface area contributed by atoms with Gasteiger partial charge in [-0.1, -0.05) is 6.07 Å². The van der Waals surface area contributed by atoms with Crippen LogP contribution in [-0.4, -0.2) is 55.6 Å². The molecule has 0 aliphatic carbocycles. The van der Waals surface area contributed by atoms with Gasteiger partial charge < -0.3 is 4.90 Å². The van der Waals surface area contributed by atoms with Crippen molar-refractivity contribution in [3.63, 3.8) is 0 Å². The second kappa shape index (κ2) is 6.96. The molecule has 6 heteroatoms. The molecule has 1 spiro atoms. The quantitative estimate of drug-likeness (QED) is 0.835. The molecule has 0 N–H and O–H groups in total. The topological polar surface area (TPSA) is 54.3 Å². The minimum Gasteiger partial charge on any atom is -0.335 e. The predicted molar refractivity (Wildman–Crippen MR) is 94.7 cm³/mol. The van der Waals surface area contributed by atoms with Gasteiger partial charge in [0.15, 0.2) is 0 Å². The molecule has 2 fully saturated rings. The molecule has 2 aliphatic heterocycles. The lowest BCUT2D eigenvalue weighted by atomic mass is 9.85. The lowest BCUT2D eigenvalue weighted by molar-refractivity contribution is -0.148. The summed E-state index contributed by atoms with van der Waals surface area (Å²) in [5.74, 6) is 0.294. The second-order valence-corrected chi connectivity index (χ2v) is 7.04. The fourth-order valence-corrected chi connectivity index (χ4v) is 4.34. The SMILES string of the molecule is O=C1N(Cc2ccccn2)CCCC12CCCN2CCn1cccn1. The van der Waals surface area contributed by atoms with Gasteiger partial charge in [0.25, 0.3) is 0 Å². The van der Waals surface area contributed by atoms with E-state index in [-0.39, 0.29) is 5.54 Å². The van der Waals surface area contributed by atoms with Crippen molar-refractivity contribution in [2.75, 3.05) is 19.6 Å². The summed E-state index contributed by atoms with van der Waals surface area (Å²) in [6, 6.07) is 7.84. The molecule has 6 nitrogen and oxygen atoms in total. The fourth-order valence-electron chi connectivity index (χ4n) is 4.34. The highest BCUT2D eigenvalue weighted by Gasteiger charge is 2.50. The number of likely N-dealkylation sites (tertiary alicyclic amines) is 2. The number of amides is 1. The molecule has 1 amide bonds. The van der Waals surface area contributed by atoms with Crippen LogP contribution in [0.1, 0.15) is 31.4 Å². The number of hydrogen-bond acceptors (Lipinski definition) is 4. The average Bonchev–Trinajstić information content (AvgIpc) is 3.29. The number of carbonyl (C=O) groups is 1. The largest absolute Gasteiger partial charge is 0.335 e. The van der Waals surface area contributed by atoms with E-state index < -0.39 is 0 Å². The van der Waals surface area contributed by atoms with Crippen LogP contribution in [0.2, 0.25) is 0 Å². The van der Waals surface area contributed by atoms with Gasteiger partial charge in [0.2, 0.25) is 5.91 Å². The first-order valence-corrected chi connectivity index (χ1v) is 9.20. The number of carbonyl (C=O) groups excluding carboxylic acids is 1. The molecule has 4 rings (SSSR count). The summed E-state index contributed by atoms with van der Waals surface area (Å²) in [6.07, 6.45) is 9.71. The summed E-state index contributed by atoms with van der Waals surface area (Å²) in [7, 11) is 0. The molecule has 0 radical (unpaired) electrons. The van der Waals surface area contributed by atoms with Crippen LogP contribution in [0.4, 0.5) is 0 Å². The van der Waals surface area contributed by atoms with Crippen LogP contribution in [0.25, 0.3) is 0 Å². The number of hydrogen-bond donors (Lipinski definition) is 0. The normalized spacial score (nSPS) is 24.3. The molecule has 1 unspecified atom stereocenters. The van der Waals surface area contributed by atoms with Gasteiger partial charge in [0.05, 0.1) is 18.8 Å². The third kappa shape index (κ3) is 3.18. The van der Waals surface area contributed by atoms with Gasteiger partial charge >= 0.3 is 0 Å². The zero-order valence-corrected chi connectivity index (χ0v) is 14.5. The van der Waals surface area contributed by atoms with Gasteiger partial charge in [-0.2, -0.15) is 5.10 Å². The van der Waals surface area contributed by atoms with Crippen molar-refractivity contribution in [3.8, 4) is 0 Å². The first-order chi connectivity index (χ1) is 12.3. The zero-order valence-electron chi connectivity index (χ0n) is 14.5. The van der Waals surface area contributed by atoms with E-state index in [0.29, 0.717) is 12.5 Å². The van der Waals surface area contributed by atoms with E-state index in [1.807, 2.05) is 40.0 Å². The van der Waals surface area contributed by atoms with Crippen molar-refractivity contribution in [1.82, 2.24) is 24.6 Å². The van der Waals surface area contributed by atoms with Gasteiger partial charge in [0, 0.05) is 31.7 Å². The smallest absolute Gasteiger partial charge is 0.243 e. The van der Waals surface area contributed by atoms with Crippen LogP contribution in [-0.2, 0) is 17.9 Å². The molecule has 0 aromatic carbocycles. The Labute approximate surface area is 148 Å². The molecule has 2 aromatic rings. The number of piperidine rings is 1. The molecule has 25 heavy (non-hydrogen) atoms. The molecule has 1 atom stereocenters. The summed E-state index contributed by atoms with van der Waals surface area (Å²) in [6.45, 7) is 4.18. The summed E-state index contributed by atoms with van der Waals surface area (Å²) >= 11 is 0. The van der Waals surface area contributed by atoms with Gasteiger partial charge in [-0.15, -0.1) is 0 Å². The summed E-state index contributed by atoms with van der Waals surface area (Å²) in [4.78, 5) is 22.2. The lowest BCUT2D eigenvalue weighted by Crippen LogP contribution is -2.60. The van der Waals surface area contributed by atoms with Crippen molar-refractivity contribution in [2.45, 2.75) is 44.3 Å². The number of pyridine rings is 1. The van der Waals surface area contributed by atoms with Crippen LogP contribution in [0, 0.1) is 0 Å². The Hall–Kier alpha value is -2.21.